The first-order valence-electron chi connectivity index (χ1n) is 12.8. The average Bonchev–Trinajstić information content (AvgIpc) is 3.41. The molecule has 0 radical (unpaired) electrons. The second-order valence-electron chi connectivity index (χ2n) is 9.41. The van der Waals surface area contributed by atoms with Crippen molar-refractivity contribution in [1.29, 1.82) is 0 Å². The van der Waals surface area contributed by atoms with E-state index >= 15 is 0 Å². The second kappa shape index (κ2) is 10.4. The fourth-order valence-corrected chi connectivity index (χ4v) is 6.09. The van der Waals surface area contributed by atoms with Gasteiger partial charge >= 0.3 is 0 Å². The normalized spacial score (nSPS) is 16.2. The highest BCUT2D eigenvalue weighted by molar-refractivity contribution is 7.22. The minimum atomic E-state index is -0.00321. The van der Waals surface area contributed by atoms with Gasteiger partial charge in [0.2, 0.25) is 5.91 Å². The van der Waals surface area contributed by atoms with E-state index in [2.05, 4.69) is 46.7 Å². The quantitative estimate of drug-likeness (QED) is 0.385. The molecule has 2 aromatic heterocycles. The van der Waals surface area contributed by atoms with Crippen molar-refractivity contribution in [2.45, 2.75) is 0 Å². The molecule has 0 spiro atoms. The van der Waals surface area contributed by atoms with E-state index in [1.807, 2.05) is 17.0 Å². The molecular formula is C29H29N5O3S. The first kappa shape index (κ1) is 24.4. The zero-order valence-corrected chi connectivity index (χ0v) is 21.9. The summed E-state index contributed by atoms with van der Waals surface area (Å²) in [6.45, 7) is 9.50. The summed E-state index contributed by atoms with van der Waals surface area (Å²) in [5, 5.41) is 10.0. The molecule has 2 aliphatic rings. The Bertz CT molecular complexity index is 1470. The van der Waals surface area contributed by atoms with Gasteiger partial charge in [-0.05, 0) is 42.0 Å². The van der Waals surface area contributed by atoms with E-state index in [0.717, 1.165) is 63.9 Å². The lowest BCUT2D eigenvalue weighted by Gasteiger charge is -2.35. The largest absolute Gasteiger partial charge is 0.508 e. The number of thiophene rings is 1. The number of benzene rings is 2. The van der Waals surface area contributed by atoms with Gasteiger partial charge in [0.25, 0.3) is 0 Å². The van der Waals surface area contributed by atoms with Gasteiger partial charge in [0.1, 0.15) is 5.75 Å². The smallest absolute Gasteiger partial charge is 0.246 e. The van der Waals surface area contributed by atoms with Gasteiger partial charge in [-0.2, -0.15) is 0 Å². The summed E-state index contributed by atoms with van der Waals surface area (Å²) in [7, 11) is 0. The Morgan fingerprint density at radius 2 is 1.68 bits per heavy atom. The highest BCUT2D eigenvalue weighted by atomic mass is 32.1. The topological polar surface area (TPSA) is 82.0 Å². The molecular weight excluding hydrogens is 498 g/mol. The van der Waals surface area contributed by atoms with Gasteiger partial charge in [0.05, 0.1) is 23.4 Å². The number of carbonyl (C=O) groups excluding carboxylic acids is 1. The fourth-order valence-electron chi connectivity index (χ4n) is 4.97. The molecule has 1 amide bonds. The van der Waals surface area contributed by atoms with Crippen LogP contribution >= 0.6 is 11.3 Å². The van der Waals surface area contributed by atoms with E-state index in [9.17, 15) is 9.90 Å². The van der Waals surface area contributed by atoms with Crippen LogP contribution in [0.5, 0.6) is 5.75 Å². The Hall–Kier alpha value is -3.95. The molecule has 9 heteroatoms. The maximum absolute atomic E-state index is 11.9. The lowest BCUT2D eigenvalue weighted by atomic mass is 10.1. The van der Waals surface area contributed by atoms with Crippen LogP contribution in [0.25, 0.3) is 32.0 Å². The molecule has 0 saturated carbocycles. The number of aromatic nitrogens is 2. The Kier molecular flexibility index (Phi) is 6.70. The summed E-state index contributed by atoms with van der Waals surface area (Å²) >= 11 is 1.70. The van der Waals surface area contributed by atoms with E-state index in [1.54, 1.807) is 23.5 Å². The van der Waals surface area contributed by atoms with E-state index in [0.29, 0.717) is 32.1 Å². The number of nitrogens with zero attached hydrogens (tertiary/aromatic N) is 5. The summed E-state index contributed by atoms with van der Waals surface area (Å²) in [5.74, 6) is 1.70. The third kappa shape index (κ3) is 4.82. The number of carbonyl (C=O) groups is 1. The molecule has 2 aromatic carbocycles. The van der Waals surface area contributed by atoms with Gasteiger partial charge in [-0.1, -0.05) is 30.8 Å². The number of hydrogen-bond donors (Lipinski definition) is 1. The number of rotatable bonds is 5. The van der Waals surface area contributed by atoms with Crippen LogP contribution in [0.4, 0.5) is 11.5 Å². The van der Waals surface area contributed by atoms with Crippen molar-refractivity contribution in [1.82, 2.24) is 14.9 Å². The second-order valence-corrected chi connectivity index (χ2v) is 10.5. The minimum Gasteiger partial charge on any atom is -0.508 e. The van der Waals surface area contributed by atoms with E-state index in [-0.39, 0.29) is 11.7 Å². The van der Waals surface area contributed by atoms with Crippen LogP contribution in [0.1, 0.15) is 0 Å². The Morgan fingerprint density at radius 1 is 0.921 bits per heavy atom. The molecule has 38 heavy (non-hydrogen) atoms. The molecule has 4 aromatic rings. The van der Waals surface area contributed by atoms with Crippen molar-refractivity contribution >= 4 is 39.0 Å². The molecule has 2 saturated heterocycles. The molecule has 4 heterocycles. The zero-order chi connectivity index (χ0) is 26.1. The third-order valence-electron chi connectivity index (χ3n) is 7.05. The van der Waals surface area contributed by atoms with Crippen molar-refractivity contribution in [2.24, 2.45) is 0 Å². The van der Waals surface area contributed by atoms with Crippen molar-refractivity contribution in [3.8, 4) is 27.6 Å². The van der Waals surface area contributed by atoms with Gasteiger partial charge in [0.15, 0.2) is 11.6 Å². The molecule has 2 fully saturated rings. The lowest BCUT2D eigenvalue weighted by Crippen LogP contribution is -2.48. The van der Waals surface area contributed by atoms with Crippen LogP contribution in [0.2, 0.25) is 0 Å². The Morgan fingerprint density at radius 3 is 2.39 bits per heavy atom. The number of hydrogen-bond acceptors (Lipinski definition) is 8. The van der Waals surface area contributed by atoms with Gasteiger partial charge < -0.3 is 24.5 Å². The number of piperazine rings is 1. The van der Waals surface area contributed by atoms with E-state index < -0.39 is 0 Å². The van der Waals surface area contributed by atoms with Gasteiger partial charge in [-0.3, -0.25) is 4.79 Å². The van der Waals surface area contributed by atoms with Crippen LogP contribution in [0.3, 0.4) is 0 Å². The predicted octanol–water partition coefficient (Wildman–Crippen LogP) is 4.40. The SMILES string of the molecule is C=CC(=O)N1CCN(c2ccc(-c3cc4nc(-c5cccc(O)c5)nc(N5CCOCC5)c4s3)cc2)CC1. The van der Waals surface area contributed by atoms with Crippen LogP contribution in [-0.4, -0.2) is 78.4 Å². The molecule has 2 aliphatic heterocycles. The van der Waals surface area contributed by atoms with Crippen molar-refractivity contribution in [2.75, 3.05) is 62.3 Å². The number of phenols is 1. The monoisotopic (exact) mass is 527 g/mol. The number of amides is 1. The number of ether oxygens (including phenoxy) is 1. The number of fused-ring (bicyclic) bond motifs is 1. The number of anilines is 2. The number of aromatic hydroxyl groups is 1. The Balaban J connectivity index is 1.31. The summed E-state index contributed by atoms with van der Waals surface area (Å²) < 4.78 is 6.63. The van der Waals surface area contributed by atoms with Crippen molar-refractivity contribution < 1.29 is 14.6 Å². The first-order valence-corrected chi connectivity index (χ1v) is 13.6. The zero-order valence-electron chi connectivity index (χ0n) is 21.0. The van der Waals surface area contributed by atoms with Gasteiger partial charge in [0, 0.05) is 55.4 Å². The maximum Gasteiger partial charge on any atom is 0.246 e. The first-order chi connectivity index (χ1) is 18.6. The molecule has 0 bridgehead atoms. The molecule has 6 rings (SSSR count). The standard InChI is InChI=1S/C29H29N5O3S/c1-2-26(36)33-12-10-32(11-13-33)22-8-6-20(7-9-22)25-19-24-27(38-25)29(34-14-16-37-17-15-34)31-28(30-24)21-4-3-5-23(35)18-21/h2-9,18-19,35H,1,10-17H2. The third-order valence-corrected chi connectivity index (χ3v) is 8.22. The van der Waals surface area contributed by atoms with Gasteiger partial charge in [-0.25, -0.2) is 9.97 Å². The van der Waals surface area contributed by atoms with Crippen molar-refractivity contribution in [3.63, 3.8) is 0 Å². The van der Waals surface area contributed by atoms with E-state index in [4.69, 9.17) is 14.7 Å². The summed E-state index contributed by atoms with van der Waals surface area (Å²) in [5.41, 5.74) is 3.96. The molecule has 0 unspecified atom stereocenters. The van der Waals surface area contributed by atoms with Crippen molar-refractivity contribution in [3.05, 3.63) is 67.3 Å². The molecule has 0 atom stereocenters. The number of phenolic OH excluding ortho intramolecular Hbond substituents is 1. The molecule has 194 valence electrons. The lowest BCUT2D eigenvalue weighted by molar-refractivity contribution is -0.126. The van der Waals surface area contributed by atoms with Crippen LogP contribution < -0.4 is 9.80 Å². The Labute approximate surface area is 225 Å². The highest BCUT2D eigenvalue weighted by Gasteiger charge is 2.22. The highest BCUT2D eigenvalue weighted by Crippen LogP contribution is 2.39. The van der Waals surface area contributed by atoms with Crippen LogP contribution in [0, 0.1) is 0 Å². The molecule has 8 nitrogen and oxygen atoms in total. The maximum atomic E-state index is 11.9. The average molecular weight is 528 g/mol. The minimum absolute atomic E-state index is 0.00321. The molecule has 0 aliphatic carbocycles. The summed E-state index contributed by atoms with van der Waals surface area (Å²) in [6, 6.07) is 17.8. The van der Waals surface area contributed by atoms with Gasteiger partial charge in [-0.15, -0.1) is 11.3 Å². The van der Waals surface area contributed by atoms with Crippen LogP contribution in [-0.2, 0) is 9.53 Å². The number of morpholine rings is 1. The fraction of sp³-hybridized carbons (Fsp3) is 0.276. The predicted molar refractivity (Wildman–Crippen MR) is 152 cm³/mol. The molecule has 1 N–H and O–H groups in total. The summed E-state index contributed by atoms with van der Waals surface area (Å²) in [6.07, 6.45) is 1.39. The van der Waals surface area contributed by atoms with Crippen LogP contribution in [0.15, 0.2) is 67.3 Å². The van der Waals surface area contributed by atoms with E-state index in [1.165, 1.54) is 6.08 Å². The summed E-state index contributed by atoms with van der Waals surface area (Å²) in [4.78, 5) is 29.3.